The first kappa shape index (κ1) is 18.5. The molecule has 0 unspecified atom stereocenters. The quantitative estimate of drug-likeness (QED) is 0.596. The second-order valence-electron chi connectivity index (χ2n) is 6.44. The molecule has 0 aromatic heterocycles. The maximum Gasteiger partial charge on any atom is 0.269 e. The van der Waals surface area contributed by atoms with Crippen LogP contribution in [-0.2, 0) is 9.59 Å². The topological polar surface area (TPSA) is 114 Å². The fourth-order valence-electron chi connectivity index (χ4n) is 3.07. The second kappa shape index (κ2) is 7.63. The largest absolute Gasteiger partial charge is 0.486 e. The average Bonchev–Trinajstić information content (AvgIpc) is 3.09. The van der Waals surface area contributed by atoms with Gasteiger partial charge in [0, 0.05) is 24.0 Å². The molecule has 0 spiro atoms. The Morgan fingerprint density at radius 3 is 1.97 bits per heavy atom. The average molecular weight is 395 g/mol. The van der Waals surface area contributed by atoms with Gasteiger partial charge in [-0.3, -0.25) is 34.9 Å². The lowest BCUT2D eigenvalue weighted by molar-refractivity contribution is -0.121. The predicted octanol–water partition coefficient (Wildman–Crippen LogP) is 1.19. The Labute approximate surface area is 165 Å². The number of fused-ring (bicyclic) bond motifs is 1. The van der Waals surface area contributed by atoms with Crippen molar-refractivity contribution in [3.05, 3.63) is 53.6 Å². The van der Waals surface area contributed by atoms with Crippen molar-refractivity contribution in [2.24, 2.45) is 0 Å². The van der Waals surface area contributed by atoms with Gasteiger partial charge in [0.25, 0.3) is 11.8 Å². The SMILES string of the molecule is O=C(NNC(=O)c1ccc2c(c1)OCCO2)c1ccc(N2C(=O)CCC2=O)cc1. The summed E-state index contributed by atoms with van der Waals surface area (Å²) in [6.07, 6.45) is 0.375. The third kappa shape index (κ3) is 3.75. The van der Waals surface area contributed by atoms with Crippen LogP contribution in [0.3, 0.4) is 0 Å². The number of hydrogen-bond acceptors (Lipinski definition) is 6. The van der Waals surface area contributed by atoms with Crippen LogP contribution in [0.4, 0.5) is 5.69 Å². The highest BCUT2D eigenvalue weighted by Gasteiger charge is 2.30. The summed E-state index contributed by atoms with van der Waals surface area (Å²) in [7, 11) is 0. The number of anilines is 1. The number of imide groups is 1. The maximum absolute atomic E-state index is 12.3. The van der Waals surface area contributed by atoms with E-state index in [1.165, 1.54) is 30.3 Å². The molecule has 2 aliphatic rings. The van der Waals surface area contributed by atoms with Crippen molar-refractivity contribution in [3.8, 4) is 11.5 Å². The minimum absolute atomic E-state index is 0.187. The summed E-state index contributed by atoms with van der Waals surface area (Å²) in [6, 6.07) is 10.7. The molecule has 148 valence electrons. The predicted molar refractivity (Wildman–Crippen MR) is 101 cm³/mol. The molecule has 0 bridgehead atoms. The molecule has 0 atom stereocenters. The molecule has 29 heavy (non-hydrogen) atoms. The number of nitrogens with one attached hydrogen (secondary N) is 2. The van der Waals surface area contributed by atoms with Crippen LogP contribution in [0.5, 0.6) is 11.5 Å². The molecule has 2 aromatic carbocycles. The van der Waals surface area contributed by atoms with Crippen LogP contribution in [0.15, 0.2) is 42.5 Å². The minimum Gasteiger partial charge on any atom is -0.486 e. The normalized spacial score (nSPS) is 15.2. The third-order valence-electron chi connectivity index (χ3n) is 4.53. The van der Waals surface area contributed by atoms with E-state index in [0.29, 0.717) is 36.0 Å². The summed E-state index contributed by atoms with van der Waals surface area (Å²) < 4.78 is 10.8. The smallest absolute Gasteiger partial charge is 0.269 e. The molecule has 0 aliphatic carbocycles. The number of ether oxygens (including phenoxy) is 2. The van der Waals surface area contributed by atoms with E-state index in [2.05, 4.69) is 10.9 Å². The van der Waals surface area contributed by atoms with E-state index in [4.69, 9.17) is 9.47 Å². The molecule has 0 radical (unpaired) electrons. The summed E-state index contributed by atoms with van der Waals surface area (Å²) >= 11 is 0. The molecule has 2 heterocycles. The Morgan fingerprint density at radius 2 is 1.31 bits per heavy atom. The molecule has 1 fully saturated rings. The third-order valence-corrected chi connectivity index (χ3v) is 4.53. The van der Waals surface area contributed by atoms with E-state index >= 15 is 0 Å². The van der Waals surface area contributed by atoms with Crippen LogP contribution in [0, 0.1) is 0 Å². The highest BCUT2D eigenvalue weighted by Crippen LogP contribution is 2.30. The molecule has 1 saturated heterocycles. The molecule has 2 aromatic rings. The van der Waals surface area contributed by atoms with Gasteiger partial charge in [-0.2, -0.15) is 0 Å². The van der Waals surface area contributed by atoms with Gasteiger partial charge < -0.3 is 9.47 Å². The first-order chi connectivity index (χ1) is 14.0. The number of amides is 4. The Morgan fingerprint density at radius 1 is 0.759 bits per heavy atom. The van der Waals surface area contributed by atoms with E-state index < -0.39 is 11.8 Å². The fourth-order valence-corrected chi connectivity index (χ4v) is 3.07. The van der Waals surface area contributed by atoms with Crippen LogP contribution in [0.1, 0.15) is 33.6 Å². The van der Waals surface area contributed by atoms with Gasteiger partial charge >= 0.3 is 0 Å². The van der Waals surface area contributed by atoms with Crippen molar-refractivity contribution in [2.45, 2.75) is 12.8 Å². The van der Waals surface area contributed by atoms with Gasteiger partial charge in [0.05, 0.1) is 5.69 Å². The Bertz CT molecular complexity index is 986. The summed E-state index contributed by atoms with van der Waals surface area (Å²) in [6.45, 7) is 0.854. The lowest BCUT2D eigenvalue weighted by atomic mass is 10.2. The van der Waals surface area contributed by atoms with Crippen LogP contribution in [0.25, 0.3) is 0 Å². The summed E-state index contributed by atoms with van der Waals surface area (Å²) in [5.41, 5.74) is 5.63. The molecule has 9 heteroatoms. The van der Waals surface area contributed by atoms with Crippen LogP contribution >= 0.6 is 0 Å². The van der Waals surface area contributed by atoms with Gasteiger partial charge in [-0.25, -0.2) is 0 Å². The first-order valence-electron chi connectivity index (χ1n) is 8.99. The van der Waals surface area contributed by atoms with E-state index in [-0.39, 0.29) is 30.2 Å². The molecule has 4 amide bonds. The fraction of sp³-hybridized carbons (Fsp3) is 0.200. The Hall–Kier alpha value is -3.88. The van der Waals surface area contributed by atoms with Crippen molar-refractivity contribution in [2.75, 3.05) is 18.1 Å². The number of rotatable bonds is 3. The van der Waals surface area contributed by atoms with Gasteiger partial charge in [0.2, 0.25) is 11.8 Å². The second-order valence-corrected chi connectivity index (χ2v) is 6.44. The number of hydrogen-bond donors (Lipinski definition) is 2. The number of benzene rings is 2. The van der Waals surface area contributed by atoms with Crippen LogP contribution < -0.4 is 25.2 Å². The number of carbonyl (C=O) groups is 4. The lowest BCUT2D eigenvalue weighted by Gasteiger charge is -2.18. The van der Waals surface area contributed by atoms with Crippen LogP contribution in [0.2, 0.25) is 0 Å². The number of hydrazine groups is 1. The highest BCUT2D eigenvalue weighted by atomic mass is 16.6. The van der Waals surface area contributed by atoms with E-state index in [1.54, 1.807) is 12.1 Å². The maximum atomic E-state index is 12.3. The van der Waals surface area contributed by atoms with Crippen molar-refractivity contribution in [1.82, 2.24) is 10.9 Å². The zero-order valence-corrected chi connectivity index (χ0v) is 15.3. The number of carbonyl (C=O) groups excluding carboxylic acids is 4. The van der Waals surface area contributed by atoms with E-state index in [9.17, 15) is 19.2 Å². The van der Waals surface area contributed by atoms with Gasteiger partial charge in [-0.1, -0.05) is 0 Å². The number of nitrogens with zero attached hydrogens (tertiary/aromatic N) is 1. The first-order valence-corrected chi connectivity index (χ1v) is 8.99. The lowest BCUT2D eigenvalue weighted by Crippen LogP contribution is -2.41. The van der Waals surface area contributed by atoms with Gasteiger partial charge in [0.1, 0.15) is 13.2 Å². The Balaban J connectivity index is 1.37. The minimum atomic E-state index is -0.540. The zero-order valence-electron chi connectivity index (χ0n) is 15.3. The van der Waals surface area contributed by atoms with Crippen LogP contribution in [-0.4, -0.2) is 36.8 Å². The Kier molecular flexibility index (Phi) is 4.86. The molecule has 2 N–H and O–H groups in total. The summed E-state index contributed by atoms with van der Waals surface area (Å²) in [5, 5.41) is 0. The summed E-state index contributed by atoms with van der Waals surface area (Å²) in [5.74, 6) is -0.553. The zero-order chi connectivity index (χ0) is 20.4. The van der Waals surface area contributed by atoms with E-state index in [0.717, 1.165) is 4.90 Å². The van der Waals surface area contributed by atoms with Gasteiger partial charge in [-0.05, 0) is 42.5 Å². The van der Waals surface area contributed by atoms with Crippen molar-refractivity contribution in [1.29, 1.82) is 0 Å². The monoisotopic (exact) mass is 395 g/mol. The molecule has 2 aliphatic heterocycles. The van der Waals surface area contributed by atoms with Gasteiger partial charge in [-0.15, -0.1) is 0 Å². The highest BCUT2D eigenvalue weighted by molar-refractivity contribution is 6.19. The molecule has 9 nitrogen and oxygen atoms in total. The van der Waals surface area contributed by atoms with Crippen molar-refractivity contribution < 1.29 is 28.7 Å². The molecule has 0 saturated carbocycles. The molecular weight excluding hydrogens is 378 g/mol. The molecular formula is C20H17N3O6. The molecule has 4 rings (SSSR count). The van der Waals surface area contributed by atoms with E-state index in [1.807, 2.05) is 0 Å². The van der Waals surface area contributed by atoms with Crippen molar-refractivity contribution in [3.63, 3.8) is 0 Å². The van der Waals surface area contributed by atoms with Crippen molar-refractivity contribution >= 4 is 29.3 Å². The van der Waals surface area contributed by atoms with Gasteiger partial charge in [0.15, 0.2) is 11.5 Å². The standard InChI is InChI=1S/C20H17N3O6/c24-17-7-8-18(25)23(17)14-4-1-12(2-5-14)19(26)21-22-20(27)13-3-6-15-16(11-13)29-10-9-28-15/h1-6,11H,7-10H2,(H,21,26)(H,22,27). The summed E-state index contributed by atoms with van der Waals surface area (Å²) in [4.78, 5) is 49.2.